The minimum atomic E-state index is -0.491. The first-order valence-corrected chi connectivity index (χ1v) is 8.24. The van der Waals surface area contributed by atoms with Gasteiger partial charge in [-0.15, -0.1) is 0 Å². The number of nitrogens with one attached hydrogen (secondary N) is 1. The van der Waals surface area contributed by atoms with Gasteiger partial charge in [0.15, 0.2) is 0 Å². The summed E-state index contributed by atoms with van der Waals surface area (Å²) in [4.78, 5) is 10.8. The molecule has 4 fully saturated rings. The van der Waals surface area contributed by atoms with Crippen molar-refractivity contribution in [3.63, 3.8) is 0 Å². The van der Waals surface area contributed by atoms with Gasteiger partial charge in [0.25, 0.3) is 5.69 Å². The third-order valence-corrected chi connectivity index (χ3v) is 5.95. The van der Waals surface area contributed by atoms with E-state index in [4.69, 9.17) is 11.6 Å². The van der Waals surface area contributed by atoms with Gasteiger partial charge in [-0.2, -0.15) is 0 Å². The zero-order chi connectivity index (χ0) is 15.5. The molecule has 2 atom stereocenters. The van der Waals surface area contributed by atoms with Crippen LogP contribution in [0, 0.1) is 27.9 Å². The molecule has 0 unspecified atom stereocenters. The molecule has 0 aromatic heterocycles. The Balaban J connectivity index is 1.62. The van der Waals surface area contributed by atoms with Crippen molar-refractivity contribution >= 4 is 23.0 Å². The van der Waals surface area contributed by atoms with Crippen molar-refractivity contribution in [1.82, 2.24) is 0 Å². The average molecular weight is 323 g/mol. The molecule has 118 valence electrons. The maximum absolute atomic E-state index is 11.2. The first kappa shape index (κ1) is 14.3. The van der Waals surface area contributed by atoms with Gasteiger partial charge < -0.3 is 10.4 Å². The van der Waals surface area contributed by atoms with E-state index < -0.39 is 5.60 Å². The number of benzene rings is 1. The van der Waals surface area contributed by atoms with Crippen LogP contribution < -0.4 is 5.32 Å². The second-order valence-electron chi connectivity index (χ2n) is 7.28. The van der Waals surface area contributed by atoms with Gasteiger partial charge in [0.1, 0.15) is 5.69 Å². The summed E-state index contributed by atoms with van der Waals surface area (Å²) in [5.74, 6) is 1.42. The summed E-state index contributed by atoms with van der Waals surface area (Å²) in [5.41, 5.74) is 0.0773. The molecule has 22 heavy (non-hydrogen) atoms. The van der Waals surface area contributed by atoms with Gasteiger partial charge in [-0.25, -0.2) is 0 Å². The summed E-state index contributed by atoms with van der Waals surface area (Å²) in [6.45, 7) is 0. The monoisotopic (exact) mass is 322 g/mol. The Kier molecular flexibility index (Phi) is 3.13. The number of anilines is 1. The molecule has 2 N–H and O–H groups in total. The van der Waals surface area contributed by atoms with Crippen LogP contribution in [-0.2, 0) is 0 Å². The van der Waals surface area contributed by atoms with Crippen molar-refractivity contribution in [2.75, 3.05) is 5.32 Å². The highest BCUT2D eigenvalue weighted by atomic mass is 35.5. The van der Waals surface area contributed by atoms with E-state index in [1.54, 1.807) is 12.1 Å². The van der Waals surface area contributed by atoms with Crippen molar-refractivity contribution in [2.24, 2.45) is 17.8 Å². The van der Waals surface area contributed by atoms with Crippen LogP contribution in [-0.4, -0.2) is 21.7 Å². The SMILES string of the molecule is O=[N+]([O-])c1ccc(Cl)cc1NC1[C@@H]2CC3C[C@@H]1CC(O)(C3)C2. The molecule has 0 saturated heterocycles. The van der Waals surface area contributed by atoms with Crippen LogP contribution in [0.4, 0.5) is 11.4 Å². The van der Waals surface area contributed by atoms with Crippen molar-refractivity contribution in [2.45, 2.75) is 43.7 Å². The molecular formula is C16H19ClN2O3. The Morgan fingerprint density at radius 3 is 2.55 bits per heavy atom. The van der Waals surface area contributed by atoms with Crippen LogP contribution in [0.2, 0.25) is 5.02 Å². The molecule has 1 aromatic rings. The first-order chi connectivity index (χ1) is 10.4. The number of aliphatic hydroxyl groups is 1. The van der Waals surface area contributed by atoms with E-state index in [9.17, 15) is 15.2 Å². The zero-order valence-electron chi connectivity index (χ0n) is 12.2. The molecule has 0 radical (unpaired) electrons. The van der Waals surface area contributed by atoms with Gasteiger partial charge in [-0.05, 0) is 62.0 Å². The van der Waals surface area contributed by atoms with Crippen LogP contribution in [0.1, 0.15) is 32.1 Å². The van der Waals surface area contributed by atoms with Crippen molar-refractivity contribution in [3.05, 3.63) is 33.3 Å². The molecule has 4 aliphatic rings. The van der Waals surface area contributed by atoms with Crippen molar-refractivity contribution < 1.29 is 10.0 Å². The quantitative estimate of drug-likeness (QED) is 0.658. The summed E-state index contributed by atoms with van der Waals surface area (Å²) in [6, 6.07) is 4.84. The highest BCUT2D eigenvalue weighted by Gasteiger charge is 2.54. The number of halogens is 1. The molecule has 5 rings (SSSR count). The molecular weight excluding hydrogens is 304 g/mol. The third kappa shape index (κ3) is 2.27. The number of nitrogens with zero attached hydrogens (tertiary/aromatic N) is 1. The Labute approximate surface area is 133 Å². The molecule has 0 aliphatic heterocycles. The van der Waals surface area contributed by atoms with Crippen LogP contribution in [0.15, 0.2) is 18.2 Å². The highest BCUT2D eigenvalue weighted by molar-refractivity contribution is 6.31. The highest BCUT2D eigenvalue weighted by Crippen LogP contribution is 2.56. The second kappa shape index (κ2) is 4.83. The lowest BCUT2D eigenvalue weighted by molar-refractivity contribution is -0.384. The molecule has 1 aromatic carbocycles. The lowest BCUT2D eigenvalue weighted by Gasteiger charge is -2.58. The summed E-state index contributed by atoms with van der Waals surface area (Å²) in [7, 11) is 0. The van der Waals surface area contributed by atoms with Crippen molar-refractivity contribution in [3.8, 4) is 0 Å². The Hall–Kier alpha value is -1.33. The van der Waals surface area contributed by atoms with E-state index in [2.05, 4.69) is 5.32 Å². The van der Waals surface area contributed by atoms with Gasteiger partial charge >= 0.3 is 0 Å². The standard InChI is InChI=1S/C16H19ClN2O3/c17-12-1-2-14(19(21)22)13(5-12)18-15-10-3-9-4-11(15)8-16(20,6-9)7-10/h1-2,5,9-11,15,18,20H,3-4,6-8H2/t9?,10-,11-,15?,16?/m1/s1. The van der Waals surface area contributed by atoms with Gasteiger partial charge in [0.2, 0.25) is 0 Å². The minimum Gasteiger partial charge on any atom is -0.390 e. The molecule has 0 heterocycles. The molecule has 4 saturated carbocycles. The van der Waals surface area contributed by atoms with E-state index >= 15 is 0 Å². The molecule has 4 bridgehead atoms. The zero-order valence-corrected chi connectivity index (χ0v) is 12.9. The second-order valence-corrected chi connectivity index (χ2v) is 7.72. The predicted molar refractivity (Wildman–Crippen MR) is 84.0 cm³/mol. The van der Waals surface area contributed by atoms with Crippen LogP contribution in [0.3, 0.4) is 0 Å². The summed E-state index contributed by atoms with van der Waals surface area (Å²) < 4.78 is 0. The average Bonchev–Trinajstić information content (AvgIpc) is 2.40. The van der Waals surface area contributed by atoms with Gasteiger partial charge in [0, 0.05) is 17.1 Å². The molecule has 4 aliphatic carbocycles. The maximum atomic E-state index is 11.2. The van der Waals surface area contributed by atoms with E-state index in [1.165, 1.54) is 6.07 Å². The fraction of sp³-hybridized carbons (Fsp3) is 0.625. The minimum absolute atomic E-state index is 0.0666. The summed E-state index contributed by atoms with van der Waals surface area (Å²) in [5, 5.41) is 25.7. The lowest BCUT2D eigenvalue weighted by Crippen LogP contribution is -2.58. The van der Waals surface area contributed by atoms with Crippen LogP contribution in [0.5, 0.6) is 0 Å². The topological polar surface area (TPSA) is 75.4 Å². The normalized spacial score (nSPS) is 39.0. The Bertz CT molecular complexity index is 620. The van der Waals surface area contributed by atoms with Gasteiger partial charge in [-0.1, -0.05) is 11.6 Å². The lowest BCUT2D eigenvalue weighted by atomic mass is 9.52. The van der Waals surface area contributed by atoms with Crippen molar-refractivity contribution in [1.29, 1.82) is 0 Å². The third-order valence-electron chi connectivity index (χ3n) is 5.72. The molecule has 0 spiro atoms. The number of hydrogen-bond donors (Lipinski definition) is 2. The molecule has 6 heteroatoms. The molecule has 0 amide bonds. The van der Waals surface area contributed by atoms with Crippen LogP contribution in [0.25, 0.3) is 0 Å². The number of nitro groups is 1. The fourth-order valence-electron chi connectivity index (χ4n) is 5.18. The first-order valence-electron chi connectivity index (χ1n) is 7.86. The number of nitro benzene ring substituents is 1. The van der Waals surface area contributed by atoms with E-state index in [1.807, 2.05) is 0 Å². The summed E-state index contributed by atoms with van der Waals surface area (Å²) >= 11 is 6.01. The smallest absolute Gasteiger partial charge is 0.292 e. The van der Waals surface area contributed by atoms with E-state index in [-0.39, 0.29) is 16.7 Å². The Morgan fingerprint density at radius 2 is 1.95 bits per heavy atom. The molecule has 5 nitrogen and oxygen atoms in total. The van der Waals surface area contributed by atoms with E-state index in [0.717, 1.165) is 32.1 Å². The number of hydrogen-bond acceptors (Lipinski definition) is 4. The van der Waals surface area contributed by atoms with Crippen LogP contribution >= 0.6 is 11.6 Å². The van der Waals surface area contributed by atoms with Gasteiger partial charge in [-0.3, -0.25) is 10.1 Å². The largest absolute Gasteiger partial charge is 0.390 e. The van der Waals surface area contributed by atoms with Gasteiger partial charge in [0.05, 0.1) is 10.5 Å². The number of rotatable bonds is 3. The Morgan fingerprint density at radius 1 is 1.27 bits per heavy atom. The van der Waals surface area contributed by atoms with E-state index in [0.29, 0.717) is 28.5 Å². The summed E-state index contributed by atoms with van der Waals surface area (Å²) in [6.07, 6.45) is 4.79. The maximum Gasteiger partial charge on any atom is 0.292 e. The fourth-order valence-corrected chi connectivity index (χ4v) is 5.35. The predicted octanol–water partition coefficient (Wildman–Crippen LogP) is 3.60.